The summed E-state index contributed by atoms with van der Waals surface area (Å²) in [7, 11) is 1.89. The molecule has 86 valence electrons. The van der Waals surface area contributed by atoms with Gasteiger partial charge in [-0.25, -0.2) is 4.79 Å². The van der Waals surface area contributed by atoms with Crippen LogP contribution < -0.4 is 11.1 Å². The number of thiocarbonyl (C=S) groups is 1. The molecule has 0 saturated heterocycles. The smallest absolute Gasteiger partial charge is 0.404 e. The molecule has 1 aliphatic rings. The van der Waals surface area contributed by atoms with E-state index in [4.69, 9.17) is 23.1 Å². The van der Waals surface area contributed by atoms with Crippen molar-refractivity contribution in [2.45, 2.75) is 37.8 Å². The molecule has 0 unspecified atom stereocenters. The summed E-state index contributed by atoms with van der Waals surface area (Å²) in [6, 6.07) is 0.438. The molecule has 6 heteroatoms. The molecule has 1 rings (SSSR count). The van der Waals surface area contributed by atoms with Crippen LogP contribution in [-0.2, 0) is 0 Å². The monoisotopic (exact) mass is 231 g/mol. The van der Waals surface area contributed by atoms with E-state index in [-0.39, 0.29) is 6.04 Å². The van der Waals surface area contributed by atoms with Crippen molar-refractivity contribution in [1.29, 1.82) is 0 Å². The highest BCUT2D eigenvalue weighted by atomic mass is 32.1. The van der Waals surface area contributed by atoms with Crippen LogP contribution in [0, 0.1) is 0 Å². The maximum absolute atomic E-state index is 10.4. The van der Waals surface area contributed by atoms with E-state index in [0.29, 0.717) is 11.2 Å². The van der Waals surface area contributed by atoms with Gasteiger partial charge in [0, 0.05) is 19.1 Å². The Morgan fingerprint density at radius 2 is 2.00 bits per heavy atom. The van der Waals surface area contributed by atoms with Gasteiger partial charge in [0.25, 0.3) is 0 Å². The molecule has 4 N–H and O–H groups in total. The van der Waals surface area contributed by atoms with E-state index >= 15 is 0 Å². The van der Waals surface area contributed by atoms with Crippen LogP contribution in [0.25, 0.3) is 0 Å². The third-order valence-corrected chi connectivity index (χ3v) is 3.21. The predicted molar refractivity (Wildman–Crippen MR) is 61.8 cm³/mol. The zero-order valence-electron chi connectivity index (χ0n) is 8.77. The van der Waals surface area contributed by atoms with Crippen molar-refractivity contribution in [2.24, 2.45) is 5.73 Å². The van der Waals surface area contributed by atoms with Crippen molar-refractivity contribution >= 4 is 23.4 Å². The first-order valence-corrected chi connectivity index (χ1v) is 5.43. The van der Waals surface area contributed by atoms with E-state index in [0.717, 1.165) is 25.7 Å². The van der Waals surface area contributed by atoms with Gasteiger partial charge in [-0.2, -0.15) is 0 Å². The first-order chi connectivity index (χ1) is 7.00. The van der Waals surface area contributed by atoms with Crippen LogP contribution in [0.15, 0.2) is 0 Å². The van der Waals surface area contributed by atoms with Crippen molar-refractivity contribution in [3.8, 4) is 0 Å². The minimum absolute atomic E-state index is 0.0819. The van der Waals surface area contributed by atoms with Gasteiger partial charge in [-0.3, -0.25) is 0 Å². The normalized spacial score (nSPS) is 25.7. The van der Waals surface area contributed by atoms with Crippen LogP contribution in [0.5, 0.6) is 0 Å². The largest absolute Gasteiger partial charge is 0.465 e. The van der Waals surface area contributed by atoms with E-state index in [2.05, 4.69) is 5.32 Å². The molecule has 5 nitrogen and oxygen atoms in total. The van der Waals surface area contributed by atoms with Crippen LogP contribution >= 0.6 is 12.2 Å². The fourth-order valence-electron chi connectivity index (χ4n) is 1.96. The van der Waals surface area contributed by atoms with E-state index < -0.39 is 6.09 Å². The van der Waals surface area contributed by atoms with Gasteiger partial charge in [0.05, 0.1) is 0 Å². The fraction of sp³-hybridized carbons (Fsp3) is 0.778. The minimum atomic E-state index is -0.943. The molecule has 1 saturated carbocycles. The van der Waals surface area contributed by atoms with Gasteiger partial charge in [0.1, 0.15) is 0 Å². The maximum atomic E-state index is 10.4. The number of nitrogens with two attached hydrogens (primary N) is 1. The van der Waals surface area contributed by atoms with Crippen molar-refractivity contribution in [2.75, 3.05) is 7.05 Å². The fourth-order valence-corrected chi connectivity index (χ4v) is 2.11. The summed E-state index contributed by atoms with van der Waals surface area (Å²) in [4.78, 5) is 12.3. The zero-order chi connectivity index (χ0) is 11.4. The van der Waals surface area contributed by atoms with Gasteiger partial charge in [-0.1, -0.05) is 0 Å². The third-order valence-electron chi connectivity index (χ3n) is 2.92. The molecule has 15 heavy (non-hydrogen) atoms. The molecular formula is C9H17N3O2S. The summed E-state index contributed by atoms with van der Waals surface area (Å²) in [5, 5.41) is 11.5. The van der Waals surface area contributed by atoms with Crippen LogP contribution in [0.4, 0.5) is 4.79 Å². The first kappa shape index (κ1) is 12.0. The Bertz CT molecular complexity index is 252. The lowest BCUT2D eigenvalue weighted by atomic mass is 9.90. The van der Waals surface area contributed by atoms with Crippen LogP contribution in [0.1, 0.15) is 25.7 Å². The third kappa shape index (κ3) is 3.54. The predicted octanol–water partition coefficient (Wildman–Crippen LogP) is 0.741. The molecule has 0 aromatic rings. The summed E-state index contributed by atoms with van der Waals surface area (Å²) in [6.07, 6.45) is 2.62. The lowest BCUT2D eigenvalue weighted by molar-refractivity contribution is 0.179. The van der Waals surface area contributed by atoms with E-state index in [1.165, 1.54) is 0 Å². The van der Waals surface area contributed by atoms with E-state index in [9.17, 15) is 4.79 Å². The molecule has 0 aromatic carbocycles. The van der Waals surface area contributed by atoms with Crippen LogP contribution in [0.3, 0.4) is 0 Å². The van der Waals surface area contributed by atoms with Gasteiger partial charge < -0.3 is 21.1 Å². The molecule has 0 atom stereocenters. The zero-order valence-corrected chi connectivity index (χ0v) is 9.59. The first-order valence-electron chi connectivity index (χ1n) is 5.02. The Labute approximate surface area is 94.6 Å². The van der Waals surface area contributed by atoms with E-state index in [1.54, 1.807) is 0 Å². The number of nitrogens with one attached hydrogen (secondary N) is 1. The summed E-state index contributed by atoms with van der Waals surface area (Å²) in [6.45, 7) is 0. The van der Waals surface area contributed by atoms with Gasteiger partial charge in [0.15, 0.2) is 5.11 Å². The Kier molecular flexibility index (Phi) is 4.14. The Balaban J connectivity index is 2.35. The average molecular weight is 231 g/mol. The van der Waals surface area contributed by atoms with Crippen molar-refractivity contribution in [3.05, 3.63) is 0 Å². The summed E-state index contributed by atoms with van der Waals surface area (Å²) < 4.78 is 0. The molecular weight excluding hydrogens is 214 g/mol. The number of hydrogen-bond acceptors (Lipinski definition) is 2. The minimum Gasteiger partial charge on any atom is -0.465 e. The van der Waals surface area contributed by atoms with Crippen molar-refractivity contribution in [1.82, 2.24) is 10.2 Å². The highest BCUT2D eigenvalue weighted by Gasteiger charge is 2.25. The molecule has 0 bridgehead atoms. The molecule has 0 heterocycles. The summed E-state index contributed by atoms with van der Waals surface area (Å²) in [5.74, 6) is 0. The topological polar surface area (TPSA) is 78.6 Å². The van der Waals surface area contributed by atoms with Crippen LogP contribution in [0.2, 0.25) is 0 Å². The number of hydrogen-bond donors (Lipinski definition) is 3. The molecule has 0 spiro atoms. The van der Waals surface area contributed by atoms with Crippen molar-refractivity contribution < 1.29 is 9.90 Å². The number of rotatable bonds is 2. The highest BCUT2D eigenvalue weighted by Crippen LogP contribution is 2.22. The van der Waals surface area contributed by atoms with Crippen molar-refractivity contribution in [3.63, 3.8) is 0 Å². The molecule has 0 aromatic heterocycles. The lowest BCUT2D eigenvalue weighted by Crippen LogP contribution is -2.45. The second-order valence-electron chi connectivity index (χ2n) is 3.90. The Morgan fingerprint density at radius 1 is 1.47 bits per heavy atom. The van der Waals surface area contributed by atoms with Gasteiger partial charge in [-0.05, 0) is 37.9 Å². The number of nitrogens with zero attached hydrogens (tertiary/aromatic N) is 1. The number of carbonyl (C=O) groups is 1. The molecule has 0 aliphatic heterocycles. The average Bonchev–Trinajstić information content (AvgIpc) is 2.17. The summed E-state index contributed by atoms with van der Waals surface area (Å²) >= 11 is 4.89. The highest BCUT2D eigenvalue weighted by molar-refractivity contribution is 7.80. The Morgan fingerprint density at radius 3 is 2.40 bits per heavy atom. The quantitative estimate of drug-likeness (QED) is 0.611. The second-order valence-corrected chi connectivity index (χ2v) is 4.32. The molecule has 1 fully saturated rings. The van der Waals surface area contributed by atoms with Gasteiger partial charge in [-0.15, -0.1) is 0 Å². The lowest BCUT2D eigenvalue weighted by Gasteiger charge is -2.34. The molecule has 1 amide bonds. The molecule has 0 radical (unpaired) electrons. The van der Waals surface area contributed by atoms with Gasteiger partial charge in [0.2, 0.25) is 0 Å². The van der Waals surface area contributed by atoms with Gasteiger partial charge >= 0.3 is 6.09 Å². The number of carboxylic acid groups (broad SMARTS) is 1. The standard InChI is InChI=1S/C9H17N3O2S/c1-12(8(10)15)7-4-2-6(3-5-7)11-9(13)14/h6-7,11H,2-5H2,1H3,(H2,10,15)(H,13,14). The second kappa shape index (κ2) is 5.16. The van der Waals surface area contributed by atoms with Crippen LogP contribution in [-0.4, -0.2) is 40.3 Å². The molecule has 1 aliphatic carbocycles. The summed E-state index contributed by atoms with van der Waals surface area (Å²) in [5.41, 5.74) is 5.53. The Hall–Kier alpha value is -1.04. The van der Waals surface area contributed by atoms with E-state index in [1.807, 2.05) is 11.9 Å². The maximum Gasteiger partial charge on any atom is 0.404 e. The number of amides is 1. The SMILES string of the molecule is CN(C(N)=S)C1CCC(NC(=O)O)CC1.